The van der Waals surface area contributed by atoms with Crippen LogP contribution in [0.3, 0.4) is 0 Å². The number of benzene rings is 4. The number of furan rings is 1. The lowest BCUT2D eigenvalue weighted by Crippen LogP contribution is -2.58. The first-order valence-corrected chi connectivity index (χ1v) is 14.9. The van der Waals surface area contributed by atoms with E-state index in [0.29, 0.717) is 45.3 Å². The quantitative estimate of drug-likeness (QED) is 0.224. The molecule has 6 nitrogen and oxygen atoms in total. The molecule has 220 valence electrons. The molecule has 1 N–H and O–H groups in total. The van der Waals surface area contributed by atoms with Gasteiger partial charge in [-0.15, -0.1) is 0 Å². The Morgan fingerprint density at radius 2 is 1.75 bits per heavy atom. The van der Waals surface area contributed by atoms with Crippen molar-refractivity contribution in [3.63, 3.8) is 0 Å². The second-order valence-corrected chi connectivity index (χ2v) is 13.1. The molecule has 0 amide bonds. The van der Waals surface area contributed by atoms with Gasteiger partial charge >= 0.3 is 0 Å². The monoisotopic (exact) mass is 584 g/mol. The minimum absolute atomic E-state index is 0.0882. The molecular formula is C38H34N2O4. The summed E-state index contributed by atoms with van der Waals surface area (Å²) in [5.74, 6) is 1.31. The van der Waals surface area contributed by atoms with Gasteiger partial charge in [-0.1, -0.05) is 63.2 Å². The zero-order valence-electron chi connectivity index (χ0n) is 27.4. The third-order valence-electron chi connectivity index (χ3n) is 9.37. The van der Waals surface area contributed by atoms with Crippen molar-refractivity contribution in [2.45, 2.75) is 58.6 Å². The van der Waals surface area contributed by atoms with Gasteiger partial charge in [0.2, 0.25) is 11.8 Å². The summed E-state index contributed by atoms with van der Waals surface area (Å²) in [5, 5.41) is 13.1. The van der Waals surface area contributed by atoms with Gasteiger partial charge in [-0.05, 0) is 79.7 Å². The highest BCUT2D eigenvalue weighted by Crippen LogP contribution is 2.59. The molecule has 2 aromatic heterocycles. The standard InChI is InChI=1S/C38H34N2O4/c1-22-18-24-14-15-32(39-34(24)28(41)19-22)43-31-21-25(20-30-33(31)26-11-7-9-13-29(26)42-30)35-40-37(5)27-12-8-6-10-23(27)16-17-38(37,44-35)36(2,3)4/h6-15,18-21,41H,16-17H2,1-5H3/t37-,38?/m0/s1/i16D2. The van der Waals surface area contributed by atoms with Gasteiger partial charge < -0.3 is 19.0 Å². The minimum Gasteiger partial charge on any atom is -0.506 e. The van der Waals surface area contributed by atoms with Gasteiger partial charge in [-0.25, -0.2) is 9.98 Å². The Balaban J connectivity index is 1.33. The largest absolute Gasteiger partial charge is 0.506 e. The second-order valence-electron chi connectivity index (χ2n) is 13.1. The van der Waals surface area contributed by atoms with Crippen molar-refractivity contribution < 1.29 is 21.7 Å². The van der Waals surface area contributed by atoms with E-state index in [0.717, 1.165) is 27.3 Å². The zero-order chi connectivity index (χ0) is 32.2. The Labute approximate surface area is 258 Å². The van der Waals surface area contributed by atoms with Crippen molar-refractivity contribution in [2.24, 2.45) is 10.4 Å². The van der Waals surface area contributed by atoms with E-state index in [1.807, 2.05) is 79.7 Å². The highest BCUT2D eigenvalue weighted by molar-refractivity contribution is 6.11. The Morgan fingerprint density at radius 3 is 2.59 bits per heavy atom. The number of fused-ring (bicyclic) bond motifs is 7. The van der Waals surface area contributed by atoms with Crippen LogP contribution in [0.1, 0.15) is 59.1 Å². The first-order chi connectivity index (χ1) is 21.8. The van der Waals surface area contributed by atoms with E-state index in [1.54, 1.807) is 12.1 Å². The number of pyridine rings is 1. The summed E-state index contributed by atoms with van der Waals surface area (Å²) in [7, 11) is 0. The molecule has 6 heteroatoms. The van der Waals surface area contributed by atoms with Crippen molar-refractivity contribution >= 4 is 38.7 Å². The van der Waals surface area contributed by atoms with Crippen molar-refractivity contribution in [1.82, 2.24) is 4.98 Å². The lowest BCUT2D eigenvalue weighted by molar-refractivity contribution is -0.0905. The maximum absolute atomic E-state index is 10.6. The molecule has 2 aliphatic rings. The Kier molecular flexibility index (Phi) is 5.08. The van der Waals surface area contributed by atoms with Crippen LogP contribution in [0.5, 0.6) is 17.4 Å². The number of nitrogens with zero attached hydrogens (tertiary/aromatic N) is 2. The summed E-state index contributed by atoms with van der Waals surface area (Å²) in [6.07, 6.45) is -1.47. The Hall–Kier alpha value is -4.84. The number of aromatic hydroxyl groups is 1. The molecule has 44 heavy (non-hydrogen) atoms. The molecule has 0 bridgehead atoms. The summed E-state index contributed by atoms with van der Waals surface area (Å²) in [6, 6.07) is 26.6. The van der Waals surface area contributed by atoms with E-state index in [2.05, 4.69) is 32.7 Å². The number of aliphatic imine (C=N–C) groups is 1. The summed E-state index contributed by atoms with van der Waals surface area (Å²) >= 11 is 0. The first kappa shape index (κ1) is 24.6. The summed E-state index contributed by atoms with van der Waals surface area (Å²) < 4.78 is 38.1. The van der Waals surface area contributed by atoms with Crippen molar-refractivity contribution in [3.05, 3.63) is 107 Å². The number of phenolic OH excluding ortho intramolecular Hbond substituents is 1. The van der Waals surface area contributed by atoms with E-state index in [1.165, 1.54) is 0 Å². The first-order valence-electron chi connectivity index (χ1n) is 15.9. The zero-order valence-corrected chi connectivity index (χ0v) is 25.4. The van der Waals surface area contributed by atoms with Gasteiger partial charge in [0.05, 0.1) is 5.39 Å². The number of aryl methyl sites for hydroxylation is 2. The number of rotatable bonds is 3. The molecule has 0 spiro atoms. The number of phenols is 1. The smallest absolute Gasteiger partial charge is 0.219 e. The van der Waals surface area contributed by atoms with Crippen molar-refractivity contribution in [1.29, 1.82) is 0 Å². The van der Waals surface area contributed by atoms with E-state index >= 15 is 0 Å². The third kappa shape index (κ3) is 3.73. The molecule has 1 aliphatic heterocycles. The third-order valence-corrected chi connectivity index (χ3v) is 9.37. The van der Waals surface area contributed by atoms with E-state index in [4.69, 9.17) is 21.6 Å². The Bertz CT molecular complexity index is 2270. The van der Waals surface area contributed by atoms with Crippen LogP contribution in [-0.2, 0) is 16.6 Å². The maximum atomic E-state index is 10.6. The summed E-state index contributed by atoms with van der Waals surface area (Å²) in [5.41, 5.74) is 2.50. The number of hydrogen-bond acceptors (Lipinski definition) is 6. The molecule has 0 radical (unpaired) electrons. The molecular weight excluding hydrogens is 548 g/mol. The second kappa shape index (κ2) is 9.08. The van der Waals surface area contributed by atoms with Gasteiger partial charge in [0, 0.05) is 30.6 Å². The number of para-hydroxylation sites is 1. The molecule has 6 aromatic rings. The van der Waals surface area contributed by atoms with Crippen LogP contribution >= 0.6 is 0 Å². The Morgan fingerprint density at radius 1 is 0.955 bits per heavy atom. The van der Waals surface area contributed by atoms with E-state index < -0.39 is 22.9 Å². The van der Waals surface area contributed by atoms with Crippen LogP contribution in [0.25, 0.3) is 32.8 Å². The average Bonchev–Trinajstić information content (AvgIpc) is 3.53. The maximum Gasteiger partial charge on any atom is 0.219 e. The summed E-state index contributed by atoms with van der Waals surface area (Å²) in [6.45, 7) is 10.3. The fraction of sp³-hybridized carbons (Fsp3) is 0.263. The van der Waals surface area contributed by atoms with Crippen LogP contribution in [0.15, 0.2) is 94.3 Å². The van der Waals surface area contributed by atoms with Gasteiger partial charge in [-0.2, -0.15) is 0 Å². The van der Waals surface area contributed by atoms with Crippen molar-refractivity contribution in [3.8, 4) is 17.4 Å². The molecule has 1 unspecified atom stereocenters. The van der Waals surface area contributed by atoms with Crippen LogP contribution in [0, 0.1) is 12.3 Å². The van der Waals surface area contributed by atoms with E-state index in [9.17, 15) is 5.11 Å². The van der Waals surface area contributed by atoms with Crippen LogP contribution < -0.4 is 4.74 Å². The van der Waals surface area contributed by atoms with Crippen LogP contribution in [0.2, 0.25) is 0 Å². The predicted molar refractivity (Wildman–Crippen MR) is 174 cm³/mol. The van der Waals surface area contributed by atoms with Gasteiger partial charge in [-0.3, -0.25) is 0 Å². The minimum atomic E-state index is -1.61. The highest BCUT2D eigenvalue weighted by atomic mass is 16.5. The fourth-order valence-corrected chi connectivity index (χ4v) is 7.15. The van der Waals surface area contributed by atoms with Gasteiger partial charge in [0.25, 0.3) is 0 Å². The van der Waals surface area contributed by atoms with E-state index in [-0.39, 0.29) is 12.2 Å². The van der Waals surface area contributed by atoms with Crippen molar-refractivity contribution in [2.75, 3.05) is 0 Å². The molecule has 0 saturated heterocycles. The highest BCUT2D eigenvalue weighted by Gasteiger charge is 2.64. The number of hydrogen-bond donors (Lipinski definition) is 1. The normalized spacial score (nSPS) is 23.1. The molecule has 2 atom stereocenters. The average molecular weight is 585 g/mol. The molecule has 8 rings (SSSR count). The van der Waals surface area contributed by atoms with Gasteiger partial charge in [0.15, 0.2) is 0 Å². The molecule has 3 heterocycles. The topological polar surface area (TPSA) is 77.1 Å². The predicted octanol–water partition coefficient (Wildman–Crippen LogP) is 9.36. The fourth-order valence-electron chi connectivity index (χ4n) is 7.15. The van der Waals surface area contributed by atoms with Gasteiger partial charge in [0.1, 0.15) is 39.3 Å². The molecule has 1 aliphatic carbocycles. The van der Waals surface area contributed by atoms with Crippen LogP contribution in [-0.4, -0.2) is 21.6 Å². The summed E-state index contributed by atoms with van der Waals surface area (Å²) in [4.78, 5) is 9.97. The molecule has 0 saturated carbocycles. The number of ether oxygens (including phenoxy) is 2. The van der Waals surface area contributed by atoms with Crippen LogP contribution in [0.4, 0.5) is 0 Å². The SMILES string of the molecule is [2H]C1([2H])CC2(C(C)(C)C)OC(c3cc(Oc4ccc5cc(C)cc(O)c5n4)c4c(c3)oc3ccccc34)=N[C@@]2(C)c2ccccc21. The molecule has 4 aromatic carbocycles. The lowest BCUT2D eigenvalue weighted by atomic mass is 9.58. The number of aromatic nitrogens is 1. The molecule has 0 fully saturated rings. The lowest BCUT2D eigenvalue weighted by Gasteiger charge is -2.52.